The number of Topliss-reactive ketones (excluding diaryl/α,β-unsaturated/α-hetero) is 1. The minimum atomic E-state index is -0.317. The maximum atomic E-state index is 10.3. The van der Waals surface area contributed by atoms with E-state index < -0.39 is 0 Å². The van der Waals surface area contributed by atoms with Gasteiger partial charge in [-0.1, -0.05) is 0 Å². The molecule has 0 unspecified atom stereocenters. The lowest BCUT2D eigenvalue weighted by Gasteiger charge is -1.88. The normalized spacial score (nSPS) is 18.0. The lowest BCUT2D eigenvalue weighted by Crippen LogP contribution is -2.13. The molecular weight excluding hydrogens is 106 g/mol. The molecule has 0 aromatic rings. The molecule has 1 saturated heterocycles. The molecule has 1 fully saturated rings. The standard InChI is InChI=1S/C5H7NO2/c7-4-5(8)3-6-1-2-6/h4H,1-3H2. The van der Waals surface area contributed by atoms with Crippen molar-refractivity contribution in [1.82, 2.24) is 4.90 Å². The van der Waals surface area contributed by atoms with Crippen molar-refractivity contribution in [2.75, 3.05) is 19.6 Å². The van der Waals surface area contributed by atoms with Crippen molar-refractivity contribution in [3.05, 3.63) is 0 Å². The lowest BCUT2D eigenvalue weighted by atomic mass is 10.4. The van der Waals surface area contributed by atoms with Gasteiger partial charge in [0.15, 0.2) is 6.29 Å². The fourth-order valence-electron chi connectivity index (χ4n) is 0.486. The highest BCUT2D eigenvalue weighted by atomic mass is 16.2. The summed E-state index contributed by atoms with van der Waals surface area (Å²) in [5.41, 5.74) is 0. The summed E-state index contributed by atoms with van der Waals surface area (Å²) < 4.78 is 0. The smallest absolute Gasteiger partial charge is 0.209 e. The Hall–Kier alpha value is -0.700. The molecule has 0 aromatic carbocycles. The average molecular weight is 113 g/mol. The van der Waals surface area contributed by atoms with E-state index in [1.807, 2.05) is 4.90 Å². The second kappa shape index (κ2) is 2.05. The van der Waals surface area contributed by atoms with Gasteiger partial charge in [-0.15, -0.1) is 0 Å². The summed E-state index contributed by atoms with van der Waals surface area (Å²) in [6, 6.07) is 0. The molecule has 1 rings (SSSR count). The Labute approximate surface area is 47.3 Å². The van der Waals surface area contributed by atoms with Crippen molar-refractivity contribution in [2.45, 2.75) is 0 Å². The Bertz CT molecular complexity index is 118. The summed E-state index contributed by atoms with van der Waals surface area (Å²) in [6.45, 7) is 2.27. The van der Waals surface area contributed by atoms with E-state index in [4.69, 9.17) is 0 Å². The Morgan fingerprint density at radius 2 is 2.25 bits per heavy atom. The third-order valence-electron chi connectivity index (χ3n) is 1.05. The van der Waals surface area contributed by atoms with Crippen LogP contribution >= 0.6 is 0 Å². The zero-order chi connectivity index (χ0) is 5.98. The van der Waals surface area contributed by atoms with Crippen LogP contribution in [0.3, 0.4) is 0 Å². The van der Waals surface area contributed by atoms with Gasteiger partial charge in [0.05, 0.1) is 6.54 Å². The molecule has 0 radical (unpaired) electrons. The predicted molar refractivity (Wildman–Crippen MR) is 27.5 cm³/mol. The lowest BCUT2D eigenvalue weighted by molar-refractivity contribution is -0.129. The highest BCUT2D eigenvalue weighted by Gasteiger charge is 2.19. The highest BCUT2D eigenvalue weighted by molar-refractivity contribution is 6.25. The van der Waals surface area contributed by atoms with Crippen molar-refractivity contribution < 1.29 is 9.59 Å². The van der Waals surface area contributed by atoms with Gasteiger partial charge in [0.25, 0.3) is 0 Å². The van der Waals surface area contributed by atoms with Crippen LogP contribution in [0.25, 0.3) is 0 Å². The summed E-state index contributed by atoms with van der Waals surface area (Å²) in [4.78, 5) is 21.8. The van der Waals surface area contributed by atoms with Crippen LogP contribution in [0.1, 0.15) is 0 Å². The molecule has 1 aliphatic heterocycles. The zero-order valence-electron chi connectivity index (χ0n) is 4.46. The van der Waals surface area contributed by atoms with Crippen LogP contribution in [0.5, 0.6) is 0 Å². The van der Waals surface area contributed by atoms with Crippen LogP contribution in [0, 0.1) is 0 Å². The monoisotopic (exact) mass is 113 g/mol. The molecule has 0 amide bonds. The number of nitrogens with zero attached hydrogens (tertiary/aromatic N) is 1. The van der Waals surface area contributed by atoms with Crippen LogP contribution in [-0.4, -0.2) is 36.6 Å². The minimum absolute atomic E-state index is 0.317. The molecule has 0 atom stereocenters. The molecule has 1 heterocycles. The van der Waals surface area contributed by atoms with E-state index in [0.717, 1.165) is 13.1 Å². The molecule has 3 heteroatoms. The van der Waals surface area contributed by atoms with Gasteiger partial charge < -0.3 is 0 Å². The quantitative estimate of drug-likeness (QED) is 0.269. The average Bonchev–Trinajstić information content (AvgIpc) is 2.50. The van der Waals surface area contributed by atoms with Crippen LogP contribution in [0.15, 0.2) is 0 Å². The molecule has 0 spiro atoms. The second-order valence-electron chi connectivity index (χ2n) is 1.86. The van der Waals surface area contributed by atoms with E-state index >= 15 is 0 Å². The fourth-order valence-corrected chi connectivity index (χ4v) is 0.486. The molecule has 0 bridgehead atoms. The Balaban J connectivity index is 2.16. The third kappa shape index (κ3) is 1.42. The summed E-state index contributed by atoms with van der Waals surface area (Å²) in [6.07, 6.45) is 0.373. The van der Waals surface area contributed by atoms with Crippen molar-refractivity contribution >= 4 is 12.1 Å². The summed E-state index contributed by atoms with van der Waals surface area (Å²) >= 11 is 0. The van der Waals surface area contributed by atoms with Crippen LogP contribution in [0.4, 0.5) is 0 Å². The number of hydrogen-bond donors (Lipinski definition) is 0. The molecule has 0 N–H and O–H groups in total. The summed E-state index contributed by atoms with van der Waals surface area (Å²) in [7, 11) is 0. The van der Waals surface area contributed by atoms with Crippen LogP contribution in [0.2, 0.25) is 0 Å². The van der Waals surface area contributed by atoms with Gasteiger partial charge in [-0.2, -0.15) is 0 Å². The molecule has 44 valence electrons. The van der Waals surface area contributed by atoms with Crippen LogP contribution in [-0.2, 0) is 9.59 Å². The third-order valence-corrected chi connectivity index (χ3v) is 1.05. The molecule has 0 aromatic heterocycles. The molecule has 0 saturated carbocycles. The molecular formula is C5H7NO2. The SMILES string of the molecule is O=CC(=O)CN1CC1. The first-order valence-corrected chi connectivity index (χ1v) is 2.53. The van der Waals surface area contributed by atoms with Crippen molar-refractivity contribution in [3.63, 3.8) is 0 Å². The van der Waals surface area contributed by atoms with Crippen molar-refractivity contribution in [1.29, 1.82) is 0 Å². The summed E-state index contributed by atoms with van der Waals surface area (Å²) in [5.74, 6) is -0.317. The number of hydrogen-bond acceptors (Lipinski definition) is 3. The maximum absolute atomic E-state index is 10.3. The van der Waals surface area contributed by atoms with E-state index in [1.54, 1.807) is 0 Å². The Morgan fingerprint density at radius 1 is 1.62 bits per heavy atom. The minimum Gasteiger partial charge on any atom is -0.295 e. The van der Waals surface area contributed by atoms with Crippen LogP contribution < -0.4 is 0 Å². The van der Waals surface area contributed by atoms with Gasteiger partial charge in [0.2, 0.25) is 5.78 Å². The summed E-state index contributed by atoms with van der Waals surface area (Å²) in [5, 5.41) is 0. The van der Waals surface area contributed by atoms with E-state index in [1.165, 1.54) is 0 Å². The molecule has 1 aliphatic rings. The highest BCUT2D eigenvalue weighted by Crippen LogP contribution is 2.00. The van der Waals surface area contributed by atoms with Gasteiger partial charge in [-0.05, 0) is 0 Å². The van der Waals surface area contributed by atoms with E-state index in [9.17, 15) is 9.59 Å². The number of ketones is 1. The van der Waals surface area contributed by atoms with Gasteiger partial charge in [-0.25, -0.2) is 0 Å². The Morgan fingerprint density at radius 3 is 2.62 bits per heavy atom. The fraction of sp³-hybridized carbons (Fsp3) is 0.600. The van der Waals surface area contributed by atoms with E-state index in [0.29, 0.717) is 12.8 Å². The van der Waals surface area contributed by atoms with Gasteiger partial charge >= 0.3 is 0 Å². The van der Waals surface area contributed by atoms with Crippen molar-refractivity contribution in [2.24, 2.45) is 0 Å². The van der Waals surface area contributed by atoms with Crippen molar-refractivity contribution in [3.8, 4) is 0 Å². The molecule has 8 heavy (non-hydrogen) atoms. The van der Waals surface area contributed by atoms with E-state index in [2.05, 4.69) is 0 Å². The molecule has 3 nitrogen and oxygen atoms in total. The largest absolute Gasteiger partial charge is 0.295 e. The number of carbonyl (C=O) groups excluding carboxylic acids is 2. The van der Waals surface area contributed by atoms with Gasteiger partial charge in [0.1, 0.15) is 0 Å². The first kappa shape index (κ1) is 5.44. The first-order valence-electron chi connectivity index (χ1n) is 2.53. The van der Waals surface area contributed by atoms with Gasteiger partial charge in [0, 0.05) is 13.1 Å². The number of rotatable bonds is 3. The maximum Gasteiger partial charge on any atom is 0.209 e. The topological polar surface area (TPSA) is 37.1 Å². The molecule has 0 aliphatic carbocycles. The number of carbonyl (C=O) groups is 2. The predicted octanol–water partition coefficient (Wildman–Crippen LogP) is -0.930. The number of aldehydes is 1. The second-order valence-corrected chi connectivity index (χ2v) is 1.86. The Kier molecular flexibility index (Phi) is 1.39. The zero-order valence-corrected chi connectivity index (χ0v) is 4.46. The first-order chi connectivity index (χ1) is 3.83. The van der Waals surface area contributed by atoms with Gasteiger partial charge in [-0.3, -0.25) is 14.5 Å². The van der Waals surface area contributed by atoms with E-state index in [-0.39, 0.29) is 5.78 Å².